The molecule has 0 aliphatic rings. The summed E-state index contributed by atoms with van der Waals surface area (Å²) in [4.78, 5) is 0. The number of hydroxylamine groups is 2. The fourth-order valence-corrected chi connectivity index (χ4v) is 0.841. The quantitative estimate of drug-likeness (QED) is 0.734. The molecule has 0 amide bonds. The number of halogens is 3. The van der Waals surface area contributed by atoms with Crippen molar-refractivity contribution in [1.82, 2.24) is 5.06 Å². The molecule has 0 unspecified atom stereocenters. The van der Waals surface area contributed by atoms with E-state index in [0.717, 1.165) is 11.1 Å². The van der Waals surface area contributed by atoms with E-state index in [2.05, 4.69) is 4.42 Å². The van der Waals surface area contributed by atoms with E-state index in [1.807, 2.05) is 0 Å². The molecular weight excluding hydrogens is 187 g/mol. The molecule has 1 aromatic heterocycles. The van der Waals surface area contributed by atoms with E-state index >= 15 is 0 Å². The van der Waals surface area contributed by atoms with Gasteiger partial charge in [-0.1, -0.05) is 0 Å². The maximum absolute atomic E-state index is 12.0. The first-order valence-corrected chi connectivity index (χ1v) is 3.45. The summed E-state index contributed by atoms with van der Waals surface area (Å²) in [6, 6.07) is 2.01. The molecule has 0 aliphatic carbocycles. The van der Waals surface area contributed by atoms with Crippen molar-refractivity contribution >= 4 is 0 Å². The molecule has 0 fully saturated rings. The van der Waals surface area contributed by atoms with E-state index < -0.39 is 11.9 Å². The van der Waals surface area contributed by atoms with Crippen molar-refractivity contribution in [3.63, 3.8) is 0 Å². The largest absolute Gasteiger partial charge is 0.455 e. The zero-order valence-electron chi connectivity index (χ0n) is 6.80. The lowest BCUT2D eigenvalue weighted by atomic mass is 10.4. The second-order valence-electron chi connectivity index (χ2n) is 2.58. The molecule has 1 N–H and O–H groups in total. The van der Waals surface area contributed by atoms with Crippen LogP contribution in [0.4, 0.5) is 13.2 Å². The number of rotatable bonds is 2. The number of hydrogen-bond donors (Lipinski definition) is 1. The number of nitrogens with zero attached hydrogens (tertiary/aromatic N) is 1. The van der Waals surface area contributed by atoms with Crippen molar-refractivity contribution in [2.45, 2.75) is 12.7 Å². The number of alkyl halides is 3. The van der Waals surface area contributed by atoms with Crippen molar-refractivity contribution < 1.29 is 22.8 Å². The van der Waals surface area contributed by atoms with Crippen LogP contribution in [0.1, 0.15) is 11.5 Å². The molecule has 0 aromatic carbocycles. The van der Waals surface area contributed by atoms with Gasteiger partial charge in [0.2, 0.25) is 5.76 Å². The first-order chi connectivity index (χ1) is 5.89. The summed E-state index contributed by atoms with van der Waals surface area (Å²) in [6.07, 6.45) is -4.47. The molecule has 74 valence electrons. The second-order valence-corrected chi connectivity index (χ2v) is 2.58. The molecule has 13 heavy (non-hydrogen) atoms. The van der Waals surface area contributed by atoms with E-state index in [1.54, 1.807) is 0 Å². The summed E-state index contributed by atoms with van der Waals surface area (Å²) in [5.41, 5.74) is 0. The van der Waals surface area contributed by atoms with Gasteiger partial charge in [0, 0.05) is 7.05 Å². The fourth-order valence-electron chi connectivity index (χ4n) is 0.841. The van der Waals surface area contributed by atoms with Crippen LogP contribution in [0, 0.1) is 0 Å². The van der Waals surface area contributed by atoms with E-state index in [4.69, 9.17) is 5.21 Å². The van der Waals surface area contributed by atoms with Crippen molar-refractivity contribution in [3.8, 4) is 0 Å². The normalized spacial score (nSPS) is 12.5. The van der Waals surface area contributed by atoms with Gasteiger partial charge in [-0.25, -0.2) is 0 Å². The molecule has 0 saturated carbocycles. The van der Waals surface area contributed by atoms with Gasteiger partial charge >= 0.3 is 6.18 Å². The molecule has 0 aliphatic heterocycles. The highest BCUT2D eigenvalue weighted by molar-refractivity contribution is 5.09. The van der Waals surface area contributed by atoms with Gasteiger partial charge in [0.05, 0.1) is 6.54 Å². The monoisotopic (exact) mass is 195 g/mol. The molecule has 6 heteroatoms. The Morgan fingerprint density at radius 1 is 1.46 bits per heavy atom. The van der Waals surface area contributed by atoms with Crippen molar-refractivity contribution in [2.24, 2.45) is 0 Å². The number of furan rings is 1. The lowest BCUT2D eigenvalue weighted by molar-refractivity contribution is -0.154. The summed E-state index contributed by atoms with van der Waals surface area (Å²) in [6.45, 7) is -0.0733. The maximum atomic E-state index is 12.0. The minimum absolute atomic E-state index is 0.0670. The van der Waals surface area contributed by atoms with Crippen LogP contribution in [0.25, 0.3) is 0 Å². The van der Waals surface area contributed by atoms with Crippen LogP contribution in [0.2, 0.25) is 0 Å². The average molecular weight is 195 g/mol. The third kappa shape index (κ3) is 2.74. The Balaban J connectivity index is 2.75. The van der Waals surface area contributed by atoms with Crippen molar-refractivity contribution in [1.29, 1.82) is 0 Å². The average Bonchev–Trinajstić information content (AvgIpc) is 2.32. The lowest BCUT2D eigenvalue weighted by Gasteiger charge is -2.04. The van der Waals surface area contributed by atoms with Gasteiger partial charge in [-0.3, -0.25) is 0 Å². The van der Waals surface area contributed by atoms with Gasteiger partial charge in [-0.05, 0) is 12.1 Å². The third-order valence-corrected chi connectivity index (χ3v) is 1.33. The first-order valence-electron chi connectivity index (χ1n) is 3.45. The Morgan fingerprint density at radius 2 is 2.08 bits per heavy atom. The zero-order chi connectivity index (χ0) is 10.1. The van der Waals surface area contributed by atoms with E-state index in [1.165, 1.54) is 13.1 Å². The second kappa shape index (κ2) is 3.39. The van der Waals surface area contributed by atoms with Gasteiger partial charge in [-0.2, -0.15) is 18.2 Å². The Hall–Kier alpha value is -1.01. The van der Waals surface area contributed by atoms with Gasteiger partial charge in [0.1, 0.15) is 5.76 Å². The van der Waals surface area contributed by atoms with Crippen molar-refractivity contribution in [2.75, 3.05) is 7.05 Å². The molecular formula is C7H8F3NO2. The minimum Gasteiger partial charge on any atom is -0.455 e. The van der Waals surface area contributed by atoms with Crippen LogP contribution in [-0.2, 0) is 12.7 Å². The Bertz CT molecular complexity index is 280. The van der Waals surface area contributed by atoms with Crippen molar-refractivity contribution in [3.05, 3.63) is 23.7 Å². The smallest absolute Gasteiger partial charge is 0.449 e. The Morgan fingerprint density at radius 3 is 2.46 bits per heavy atom. The molecule has 0 atom stereocenters. The van der Waals surface area contributed by atoms with Crippen LogP contribution in [0.3, 0.4) is 0 Å². The number of hydrogen-bond acceptors (Lipinski definition) is 3. The van der Waals surface area contributed by atoms with Gasteiger partial charge in [-0.15, -0.1) is 0 Å². The highest BCUT2D eigenvalue weighted by Crippen LogP contribution is 2.30. The molecule has 3 nitrogen and oxygen atoms in total. The summed E-state index contributed by atoms with van der Waals surface area (Å²) in [5, 5.41) is 9.45. The lowest BCUT2D eigenvalue weighted by Crippen LogP contribution is -2.11. The Kier molecular flexibility index (Phi) is 2.63. The van der Waals surface area contributed by atoms with E-state index in [9.17, 15) is 13.2 Å². The van der Waals surface area contributed by atoms with Crippen LogP contribution in [-0.4, -0.2) is 17.3 Å². The molecule has 0 radical (unpaired) electrons. The maximum Gasteiger partial charge on any atom is 0.449 e. The van der Waals surface area contributed by atoms with Gasteiger partial charge in [0.25, 0.3) is 0 Å². The van der Waals surface area contributed by atoms with Crippen LogP contribution in [0.5, 0.6) is 0 Å². The molecule has 1 heterocycles. The Labute approximate surface area is 72.3 Å². The summed E-state index contributed by atoms with van der Waals surface area (Å²) in [5.74, 6) is -0.985. The fraction of sp³-hybridized carbons (Fsp3) is 0.429. The zero-order valence-corrected chi connectivity index (χ0v) is 6.80. The predicted octanol–water partition coefficient (Wildman–Crippen LogP) is 2.12. The summed E-state index contributed by atoms with van der Waals surface area (Å²) >= 11 is 0. The highest BCUT2D eigenvalue weighted by Gasteiger charge is 2.34. The summed E-state index contributed by atoms with van der Waals surface area (Å²) < 4.78 is 40.3. The predicted molar refractivity (Wildman–Crippen MR) is 37.0 cm³/mol. The van der Waals surface area contributed by atoms with Gasteiger partial charge < -0.3 is 9.62 Å². The molecule has 0 spiro atoms. The van der Waals surface area contributed by atoms with Crippen LogP contribution in [0.15, 0.2) is 16.5 Å². The molecule has 0 saturated heterocycles. The standard InChI is InChI=1S/C7H8F3NO2/c1-11(12)4-5-2-3-6(13-5)7(8,9)10/h2-3,12H,4H2,1H3. The highest BCUT2D eigenvalue weighted by atomic mass is 19.4. The SMILES string of the molecule is CN(O)Cc1ccc(C(F)(F)F)o1. The topological polar surface area (TPSA) is 36.6 Å². The minimum atomic E-state index is -4.47. The van der Waals surface area contributed by atoms with Gasteiger partial charge in [0.15, 0.2) is 0 Å². The third-order valence-electron chi connectivity index (χ3n) is 1.33. The van der Waals surface area contributed by atoms with Crippen LogP contribution < -0.4 is 0 Å². The van der Waals surface area contributed by atoms with E-state index in [0.29, 0.717) is 0 Å². The molecule has 1 aromatic rings. The molecule has 0 bridgehead atoms. The van der Waals surface area contributed by atoms with E-state index in [-0.39, 0.29) is 12.3 Å². The van der Waals surface area contributed by atoms with Crippen LogP contribution >= 0.6 is 0 Å². The molecule has 1 rings (SSSR count). The first kappa shape index (κ1) is 10.1. The summed E-state index contributed by atoms with van der Waals surface area (Å²) in [7, 11) is 1.32.